The molecule has 0 aliphatic heterocycles. The third kappa shape index (κ3) is 3.82. The molecular weight excluding hydrogens is 94.1 g/mol. The van der Waals surface area contributed by atoms with Gasteiger partial charge in [0.2, 0.25) is 0 Å². The average Bonchev–Trinajstić information content (AvgIpc) is 1.35. The Kier molecular flexibility index (Phi) is 2.93. The lowest BCUT2D eigenvalue weighted by molar-refractivity contribution is 0.579. The lowest BCUT2D eigenvalue weighted by Gasteiger charge is -1.83. The topological polar surface area (TPSA) is 29.4 Å². The summed E-state index contributed by atoms with van der Waals surface area (Å²) in [6, 6.07) is 0.223. The molecule has 0 atom stereocenters. The molecule has 0 aliphatic carbocycles. The predicted octanol–water partition coefficient (Wildman–Crippen LogP) is 0.628. The smallest absolute Gasteiger partial charge is 0.301 e. The van der Waals surface area contributed by atoms with Crippen molar-refractivity contribution in [1.82, 2.24) is 0 Å². The van der Waals surface area contributed by atoms with Gasteiger partial charge in [-0.1, -0.05) is 0 Å². The molecule has 6 heavy (non-hydrogen) atoms. The van der Waals surface area contributed by atoms with Gasteiger partial charge in [-0.3, -0.25) is 4.63 Å². The van der Waals surface area contributed by atoms with Crippen LogP contribution in [0.2, 0.25) is 0 Å². The van der Waals surface area contributed by atoms with Gasteiger partial charge in [0.1, 0.15) is 0 Å². The van der Waals surface area contributed by atoms with Crippen molar-refractivity contribution >= 4 is 9.20 Å². The second kappa shape index (κ2) is 3.02. The van der Waals surface area contributed by atoms with E-state index < -0.39 is 9.20 Å². The third-order valence-corrected chi connectivity index (χ3v) is 0.933. The van der Waals surface area contributed by atoms with E-state index in [0.29, 0.717) is 0 Å². The maximum atomic E-state index is 9.60. The van der Waals surface area contributed by atoms with Crippen LogP contribution in [0, 0.1) is 0 Å². The van der Waals surface area contributed by atoms with Gasteiger partial charge in [0.05, 0.1) is 0 Å². The van der Waals surface area contributed by atoms with E-state index in [2.05, 4.69) is 4.63 Å². The summed E-state index contributed by atoms with van der Waals surface area (Å²) in [7, 11) is -0.487. The van der Waals surface area contributed by atoms with E-state index in [0.717, 1.165) is 0 Å². The van der Waals surface area contributed by atoms with Gasteiger partial charge in [-0.25, -0.2) is 0 Å². The van der Waals surface area contributed by atoms with Crippen LogP contribution in [-0.4, -0.2) is 15.2 Å². The van der Waals surface area contributed by atoms with Gasteiger partial charge in [-0.05, 0) is 13.8 Å². The summed E-state index contributed by atoms with van der Waals surface area (Å²) in [6.07, 6.45) is 0. The molecule has 0 bridgehead atoms. The zero-order valence-corrected chi connectivity index (χ0v) is 4.93. The van der Waals surface area contributed by atoms with Crippen molar-refractivity contribution in [3.63, 3.8) is 0 Å². The summed E-state index contributed by atoms with van der Waals surface area (Å²) in [5, 5.41) is 0. The normalized spacial score (nSPS) is 7.83. The minimum Gasteiger partial charge on any atom is -0.301 e. The van der Waals surface area contributed by atoms with Gasteiger partial charge < -0.3 is 4.46 Å². The van der Waals surface area contributed by atoms with E-state index >= 15 is 0 Å². The zero-order valence-electron chi connectivity index (χ0n) is 3.93. The van der Waals surface area contributed by atoms with Crippen LogP contribution in [0.5, 0.6) is 0 Å². The van der Waals surface area contributed by atoms with Crippen molar-refractivity contribution in [3.8, 4) is 0 Å². The molecule has 0 aliphatic rings. The minimum absolute atomic E-state index is 0.223. The molecule has 0 fully saturated rings. The van der Waals surface area contributed by atoms with Gasteiger partial charge in [0.25, 0.3) is 0 Å². The molecular formula is C3H7NOSi. The second-order valence-electron chi connectivity index (χ2n) is 1.31. The molecule has 0 saturated carbocycles. The monoisotopic (exact) mass is 101 g/mol. The van der Waals surface area contributed by atoms with Gasteiger partial charge in [0.15, 0.2) is 0 Å². The van der Waals surface area contributed by atoms with E-state index in [1.807, 2.05) is 13.8 Å². The Morgan fingerprint density at radius 3 is 2.17 bits per heavy atom. The summed E-state index contributed by atoms with van der Waals surface area (Å²) >= 11 is 0. The van der Waals surface area contributed by atoms with Gasteiger partial charge in [-0.2, -0.15) is 0 Å². The second-order valence-corrected chi connectivity index (χ2v) is 1.75. The maximum Gasteiger partial charge on any atom is 0.389 e. The molecule has 0 aromatic carbocycles. The molecule has 0 amide bonds. The molecule has 0 saturated heterocycles. The quantitative estimate of drug-likeness (QED) is 0.445. The molecule has 0 heterocycles. The van der Waals surface area contributed by atoms with E-state index in [1.165, 1.54) is 0 Å². The van der Waals surface area contributed by atoms with Gasteiger partial charge in [-0.15, -0.1) is 0 Å². The number of rotatable bonds is 1. The van der Waals surface area contributed by atoms with Crippen molar-refractivity contribution in [2.45, 2.75) is 19.9 Å². The first-order valence-corrected chi connectivity index (χ1v) is 2.70. The van der Waals surface area contributed by atoms with Crippen molar-refractivity contribution in [2.24, 2.45) is 4.63 Å². The van der Waals surface area contributed by atoms with Crippen LogP contribution < -0.4 is 0 Å². The van der Waals surface area contributed by atoms with Crippen molar-refractivity contribution in [2.75, 3.05) is 0 Å². The fourth-order valence-electron chi connectivity index (χ4n) is 0.105. The fraction of sp³-hybridized carbons (Fsp3) is 1.00. The molecule has 34 valence electrons. The maximum absolute atomic E-state index is 9.60. The Hall–Kier alpha value is -0.183. The highest BCUT2D eigenvalue weighted by atomic mass is 28.2. The Morgan fingerprint density at radius 1 is 1.67 bits per heavy atom. The molecule has 0 radical (unpaired) electrons. The fourth-order valence-corrected chi connectivity index (χ4v) is 0.316. The number of hydrogen-bond acceptors (Lipinski definition) is 2. The summed E-state index contributed by atoms with van der Waals surface area (Å²) < 4.78 is 13.2. The number of nitrogens with zero attached hydrogens (tertiary/aromatic N) is 1. The first-order valence-electron chi connectivity index (χ1n) is 1.84. The van der Waals surface area contributed by atoms with Crippen LogP contribution in [0.3, 0.4) is 0 Å². The zero-order chi connectivity index (χ0) is 4.99. The van der Waals surface area contributed by atoms with Crippen LogP contribution >= 0.6 is 0 Å². The van der Waals surface area contributed by atoms with Crippen molar-refractivity contribution in [1.29, 1.82) is 0 Å². The van der Waals surface area contributed by atoms with E-state index in [1.54, 1.807) is 0 Å². The number of hydrogen-bond donors (Lipinski definition) is 0. The Bertz CT molecular complexity index is 74.9. The largest absolute Gasteiger partial charge is 0.389 e. The highest BCUT2D eigenvalue weighted by molar-refractivity contribution is 6.00. The van der Waals surface area contributed by atoms with Crippen molar-refractivity contribution in [3.05, 3.63) is 0 Å². The van der Waals surface area contributed by atoms with E-state index in [4.69, 9.17) is 0 Å². The van der Waals surface area contributed by atoms with Gasteiger partial charge >= 0.3 is 9.20 Å². The summed E-state index contributed by atoms with van der Waals surface area (Å²) in [6.45, 7) is 3.79. The Balaban J connectivity index is 3.29. The standard InChI is InChI=1S/C3H7NOSi/c1-3(2)4-6-5/h3H,1-2H3. The van der Waals surface area contributed by atoms with E-state index in [9.17, 15) is 4.46 Å². The SMILES string of the molecule is CC(C)N=[Si]=O. The van der Waals surface area contributed by atoms with Crippen LogP contribution in [-0.2, 0) is 4.46 Å². The molecule has 0 aromatic heterocycles. The minimum atomic E-state index is -0.487. The van der Waals surface area contributed by atoms with E-state index in [-0.39, 0.29) is 6.04 Å². The van der Waals surface area contributed by atoms with Crippen LogP contribution in [0.15, 0.2) is 4.63 Å². The highest BCUT2D eigenvalue weighted by Gasteiger charge is 1.78. The highest BCUT2D eigenvalue weighted by Crippen LogP contribution is 1.78. The molecule has 0 rings (SSSR count). The van der Waals surface area contributed by atoms with Crippen LogP contribution in [0.4, 0.5) is 0 Å². The molecule has 0 aromatic rings. The van der Waals surface area contributed by atoms with Gasteiger partial charge in [0, 0.05) is 6.04 Å². The first-order chi connectivity index (χ1) is 2.77. The Labute approximate surface area is 39.2 Å². The predicted molar refractivity (Wildman–Crippen MR) is 24.0 cm³/mol. The molecule has 0 N–H and O–H groups in total. The molecule has 2 nitrogen and oxygen atoms in total. The molecule has 0 unspecified atom stereocenters. The molecule has 0 spiro atoms. The summed E-state index contributed by atoms with van der Waals surface area (Å²) in [4.78, 5) is 0. The third-order valence-electron chi connectivity index (χ3n) is 0.311. The van der Waals surface area contributed by atoms with Crippen LogP contribution in [0.25, 0.3) is 0 Å². The van der Waals surface area contributed by atoms with Crippen LogP contribution in [0.1, 0.15) is 13.8 Å². The summed E-state index contributed by atoms with van der Waals surface area (Å²) in [5.41, 5.74) is 0. The average molecular weight is 101 g/mol. The lowest BCUT2D eigenvalue weighted by atomic mass is 10.4. The van der Waals surface area contributed by atoms with Crippen molar-refractivity contribution < 1.29 is 4.46 Å². The lowest BCUT2D eigenvalue weighted by Crippen LogP contribution is -1.84. The molecule has 3 heteroatoms. The Morgan fingerprint density at radius 2 is 2.17 bits per heavy atom. The summed E-state index contributed by atoms with van der Waals surface area (Å²) in [5.74, 6) is 0. The first kappa shape index (κ1) is 5.82.